The second-order valence-corrected chi connectivity index (χ2v) is 12.7. The van der Waals surface area contributed by atoms with Gasteiger partial charge in [0, 0.05) is 27.6 Å². The van der Waals surface area contributed by atoms with Crippen LogP contribution in [0.5, 0.6) is 5.75 Å². The number of ether oxygens (including phenoxy) is 2. The number of hydrogen-bond acceptors (Lipinski definition) is 9. The number of amides is 1. The number of nitrogens with zero attached hydrogens (tertiary/aromatic N) is 1. The summed E-state index contributed by atoms with van der Waals surface area (Å²) < 4.78 is 49.5. The molecule has 0 saturated heterocycles. The number of aromatic nitrogens is 1. The molecule has 3 aromatic rings. The molecule has 9 nitrogen and oxygen atoms in total. The first-order valence-corrected chi connectivity index (χ1v) is 15.9. The van der Waals surface area contributed by atoms with E-state index in [2.05, 4.69) is 10.1 Å². The van der Waals surface area contributed by atoms with E-state index in [-0.39, 0.29) is 23.4 Å². The van der Waals surface area contributed by atoms with Crippen molar-refractivity contribution in [2.24, 2.45) is 5.73 Å². The van der Waals surface area contributed by atoms with E-state index in [0.29, 0.717) is 23.3 Å². The summed E-state index contributed by atoms with van der Waals surface area (Å²) in [5, 5.41) is 3.15. The van der Waals surface area contributed by atoms with Crippen molar-refractivity contribution >= 4 is 51.8 Å². The lowest BCUT2D eigenvalue weighted by atomic mass is 9.93. The van der Waals surface area contributed by atoms with E-state index in [1.54, 1.807) is 33.7 Å². The van der Waals surface area contributed by atoms with Gasteiger partial charge in [-0.15, -0.1) is 11.3 Å². The topological polar surface area (TPSA) is 130 Å². The lowest BCUT2D eigenvalue weighted by Gasteiger charge is -2.25. The predicted octanol–water partition coefficient (Wildman–Crippen LogP) is 4.89. The van der Waals surface area contributed by atoms with Gasteiger partial charge in [0.05, 0.1) is 30.1 Å². The highest BCUT2D eigenvalue weighted by Crippen LogP contribution is 2.46. The van der Waals surface area contributed by atoms with E-state index in [1.807, 2.05) is 12.3 Å². The Labute approximate surface area is 252 Å². The molecule has 2 aromatic heterocycles. The highest BCUT2D eigenvalue weighted by Gasteiger charge is 2.43. The van der Waals surface area contributed by atoms with Crippen LogP contribution in [0.2, 0.25) is 0 Å². The Balaban J connectivity index is 1.54. The lowest BCUT2D eigenvalue weighted by molar-refractivity contribution is -0.193. The van der Waals surface area contributed by atoms with Crippen LogP contribution in [-0.4, -0.2) is 53.7 Å². The predicted molar refractivity (Wildman–Crippen MR) is 158 cm³/mol. The smallest absolute Gasteiger partial charge is 0.491 e. The Kier molecular flexibility index (Phi) is 8.91. The third-order valence-corrected chi connectivity index (χ3v) is 9.48. The Morgan fingerprint density at radius 1 is 1.23 bits per heavy atom. The molecule has 43 heavy (non-hydrogen) atoms. The minimum atomic E-state index is -5.39. The van der Waals surface area contributed by atoms with Crippen LogP contribution < -0.4 is 21.2 Å². The van der Waals surface area contributed by atoms with Gasteiger partial charge in [0.15, 0.2) is 5.75 Å². The number of carbonyl (C=O) groups excluding carboxylic acids is 3. The van der Waals surface area contributed by atoms with Gasteiger partial charge in [-0.1, -0.05) is 0 Å². The summed E-state index contributed by atoms with van der Waals surface area (Å²) in [5.41, 5.74) is 6.63. The zero-order valence-electron chi connectivity index (χ0n) is 23.4. The van der Waals surface area contributed by atoms with Crippen LogP contribution in [0.25, 0.3) is 21.3 Å². The average molecular weight is 638 g/mol. The van der Waals surface area contributed by atoms with Crippen molar-refractivity contribution in [3.63, 3.8) is 0 Å². The van der Waals surface area contributed by atoms with Crippen molar-refractivity contribution in [1.29, 1.82) is 0 Å². The number of nitrogens with one attached hydrogen (secondary N) is 1. The van der Waals surface area contributed by atoms with E-state index in [9.17, 15) is 32.3 Å². The fraction of sp³-hybridized carbons (Fsp3) is 0.448. The number of thiophene rings is 1. The first-order chi connectivity index (χ1) is 20.4. The maximum atomic E-state index is 13.3. The number of benzene rings is 1. The van der Waals surface area contributed by atoms with Gasteiger partial charge in [-0.25, -0.2) is 9.59 Å². The van der Waals surface area contributed by atoms with E-state index < -0.39 is 35.1 Å². The number of nitrogens with two attached hydrogens (primary N) is 1. The van der Waals surface area contributed by atoms with Crippen molar-refractivity contribution < 1.29 is 37.0 Å². The summed E-state index contributed by atoms with van der Waals surface area (Å²) in [6.45, 7) is 0. The number of aryl methyl sites for hydroxylation is 1. The Bertz CT molecular complexity index is 1650. The van der Waals surface area contributed by atoms with Crippen LogP contribution in [0.3, 0.4) is 0 Å². The van der Waals surface area contributed by atoms with E-state index in [1.165, 1.54) is 13.2 Å². The Morgan fingerprint density at radius 2 is 1.98 bits per heavy atom. The second-order valence-electron chi connectivity index (χ2n) is 10.6. The molecule has 2 aliphatic carbocycles. The first-order valence-electron chi connectivity index (χ1n) is 13.7. The highest BCUT2D eigenvalue weighted by molar-refractivity contribution is 7.98. The number of thioether (sulfide) groups is 1. The molecule has 1 aromatic carbocycles. The molecule has 0 spiro atoms. The van der Waals surface area contributed by atoms with Gasteiger partial charge in [0.2, 0.25) is 11.3 Å². The number of alkyl halides is 3. The van der Waals surface area contributed by atoms with Crippen molar-refractivity contribution in [2.45, 2.75) is 62.8 Å². The molecule has 1 saturated carbocycles. The molecular weight excluding hydrogens is 607 g/mol. The number of halogens is 3. The van der Waals surface area contributed by atoms with Crippen molar-refractivity contribution in [2.75, 3.05) is 19.1 Å². The Morgan fingerprint density at radius 3 is 2.63 bits per heavy atom. The van der Waals surface area contributed by atoms with Crippen molar-refractivity contribution in [3.05, 3.63) is 50.6 Å². The quantitative estimate of drug-likeness (QED) is 0.251. The van der Waals surface area contributed by atoms with Crippen LogP contribution in [0.4, 0.5) is 13.2 Å². The number of hydrogen-bond donors (Lipinski definition) is 2. The number of esters is 2. The molecule has 2 atom stereocenters. The molecule has 1 unspecified atom stereocenters. The normalized spacial score (nSPS) is 17.3. The first kappa shape index (κ1) is 31.1. The molecule has 0 aliphatic heterocycles. The van der Waals surface area contributed by atoms with Crippen LogP contribution in [0, 0.1) is 0 Å². The minimum absolute atomic E-state index is 0.0482. The molecule has 0 radical (unpaired) electrons. The Hall–Kier alpha value is -3.36. The molecule has 1 amide bonds. The third kappa shape index (κ3) is 6.31. The summed E-state index contributed by atoms with van der Waals surface area (Å²) in [5.74, 6) is -3.40. The lowest BCUT2D eigenvalue weighted by Crippen LogP contribution is -2.43. The molecule has 2 heterocycles. The fourth-order valence-electron chi connectivity index (χ4n) is 5.29. The highest BCUT2D eigenvalue weighted by atomic mass is 32.2. The van der Waals surface area contributed by atoms with Crippen LogP contribution in [0.1, 0.15) is 65.0 Å². The maximum absolute atomic E-state index is 13.3. The van der Waals surface area contributed by atoms with Gasteiger partial charge in [-0.05, 0) is 74.3 Å². The maximum Gasteiger partial charge on any atom is 0.491 e. The number of pyridine rings is 1. The summed E-state index contributed by atoms with van der Waals surface area (Å²) in [6, 6.07) is 4.27. The average Bonchev–Trinajstić information content (AvgIpc) is 3.72. The fourth-order valence-corrected chi connectivity index (χ4v) is 7.07. The van der Waals surface area contributed by atoms with Gasteiger partial charge in [0.1, 0.15) is 5.56 Å². The molecule has 0 bridgehead atoms. The zero-order chi connectivity index (χ0) is 31.1. The summed E-state index contributed by atoms with van der Waals surface area (Å²) in [7, 11) is 1.46. The number of rotatable bonds is 9. The third-order valence-electron chi connectivity index (χ3n) is 7.59. The summed E-state index contributed by atoms with van der Waals surface area (Å²) in [4.78, 5) is 51.8. The molecule has 230 valence electrons. The minimum Gasteiger partial charge on any atom is -0.494 e. The number of methoxy groups -OCH3 is 1. The van der Waals surface area contributed by atoms with Gasteiger partial charge >= 0.3 is 18.1 Å². The molecule has 3 N–H and O–H groups in total. The summed E-state index contributed by atoms with van der Waals surface area (Å²) >= 11 is 3.19. The standard InChI is InChI=1S/C29H30F3N3O6S2/c1-40-25-15(22-12-17-20(4-3-5-21(17)43-22)34-26(37)19(33)10-11-42-2)8-9-16-23(25)35(14-6-7-14)13-18(24(16)36)27(38)41-28(39)29(30,31)32/h8-9,12-14,19-20H,3-7,10-11,33H2,1-2H3,(H,34,37)/t19-,20?/m1/s1. The number of carbonyl (C=O) groups is 3. The molecule has 1 fully saturated rings. The van der Waals surface area contributed by atoms with Crippen LogP contribution in [-0.2, 0) is 20.7 Å². The summed E-state index contributed by atoms with van der Waals surface area (Å²) in [6.07, 6.45) is 2.24. The van der Waals surface area contributed by atoms with Crippen LogP contribution in [0.15, 0.2) is 29.2 Å². The van der Waals surface area contributed by atoms with E-state index in [4.69, 9.17) is 10.5 Å². The molecule has 2 aliphatic rings. The molecular formula is C29H30F3N3O6S2. The van der Waals surface area contributed by atoms with Crippen molar-refractivity contribution in [3.8, 4) is 16.2 Å². The second kappa shape index (κ2) is 12.3. The largest absolute Gasteiger partial charge is 0.494 e. The van der Waals surface area contributed by atoms with Gasteiger partial charge in [-0.2, -0.15) is 24.9 Å². The van der Waals surface area contributed by atoms with E-state index >= 15 is 0 Å². The SMILES string of the molecule is COc1c(-c2cc3c(s2)CCCC3NC(=O)[C@H](N)CCSC)ccc2c(=O)c(C(=O)OC(=O)C(F)(F)F)cn(C3CC3)c12. The molecule has 5 rings (SSSR count). The van der Waals surface area contributed by atoms with E-state index in [0.717, 1.165) is 59.4 Å². The zero-order valence-corrected chi connectivity index (χ0v) is 25.0. The number of fused-ring (bicyclic) bond motifs is 2. The molecule has 14 heteroatoms. The van der Waals surface area contributed by atoms with Gasteiger partial charge < -0.3 is 25.1 Å². The van der Waals surface area contributed by atoms with Gasteiger partial charge in [-0.3, -0.25) is 9.59 Å². The van der Waals surface area contributed by atoms with Gasteiger partial charge in [0.25, 0.3) is 0 Å². The van der Waals surface area contributed by atoms with Crippen LogP contribution >= 0.6 is 23.1 Å². The monoisotopic (exact) mass is 637 g/mol. The van der Waals surface area contributed by atoms with Crippen molar-refractivity contribution in [1.82, 2.24) is 9.88 Å².